The van der Waals surface area contributed by atoms with Gasteiger partial charge in [0.1, 0.15) is 5.78 Å². The number of rotatable bonds is 13. The van der Waals surface area contributed by atoms with E-state index in [1.54, 1.807) is 12.1 Å². The zero-order valence-corrected chi connectivity index (χ0v) is 22.9. The number of fused-ring (bicyclic) bond motifs is 1. The second-order valence-electron chi connectivity index (χ2n) is 9.76. The number of hydrogen-bond donors (Lipinski definition) is 1. The quantitative estimate of drug-likeness (QED) is 0.382. The van der Waals surface area contributed by atoms with Gasteiger partial charge in [0.05, 0.1) is 21.1 Å². The van der Waals surface area contributed by atoms with Crippen molar-refractivity contribution in [1.82, 2.24) is 15.2 Å². The first-order chi connectivity index (χ1) is 17.2. The van der Waals surface area contributed by atoms with E-state index >= 15 is 0 Å². The molecular weight excluding hydrogens is 498 g/mol. The molecule has 1 amide bonds. The number of amides is 1. The van der Waals surface area contributed by atoms with Crippen LogP contribution >= 0.6 is 22.9 Å². The Balaban J connectivity index is 1.70. The van der Waals surface area contributed by atoms with Crippen LogP contribution in [0.4, 0.5) is 0 Å². The molecule has 0 unspecified atom stereocenters. The van der Waals surface area contributed by atoms with Crippen molar-refractivity contribution < 1.29 is 19.1 Å². The third-order valence-corrected chi connectivity index (χ3v) is 7.63. The third-order valence-electron chi connectivity index (χ3n) is 6.36. The maximum Gasteiger partial charge on any atom is 0.224 e. The van der Waals surface area contributed by atoms with Crippen LogP contribution in [0.25, 0.3) is 10.2 Å². The van der Waals surface area contributed by atoms with Gasteiger partial charge in [-0.2, -0.15) is 0 Å². The maximum atomic E-state index is 13.5. The highest BCUT2D eigenvalue weighted by molar-refractivity contribution is 7.18. The van der Waals surface area contributed by atoms with Crippen molar-refractivity contribution in [3.05, 3.63) is 40.4 Å². The predicted octanol–water partition coefficient (Wildman–Crippen LogP) is 4.47. The van der Waals surface area contributed by atoms with Crippen molar-refractivity contribution in [2.24, 2.45) is 11.8 Å². The lowest BCUT2D eigenvalue weighted by atomic mass is 9.87. The summed E-state index contributed by atoms with van der Waals surface area (Å²) in [5, 5.41) is 4.65. The smallest absolute Gasteiger partial charge is 0.224 e. The maximum absolute atomic E-state index is 13.5. The lowest BCUT2D eigenvalue weighted by Gasteiger charge is -2.32. The second kappa shape index (κ2) is 14.0. The van der Waals surface area contributed by atoms with Gasteiger partial charge in [-0.1, -0.05) is 17.7 Å². The van der Waals surface area contributed by atoms with Crippen LogP contribution in [0.1, 0.15) is 44.0 Å². The first-order valence-corrected chi connectivity index (χ1v) is 13.7. The summed E-state index contributed by atoms with van der Waals surface area (Å²) in [6.07, 6.45) is 6.62. The van der Waals surface area contributed by atoms with Gasteiger partial charge in [0.15, 0.2) is 5.78 Å². The fraction of sp³-hybridized carbons (Fsp3) is 0.556. The SMILES string of the molecule is CC(=O)C[C@@H](Cc1nc2ccc(Cl)cc2s1)C(=O)N[C@H](CCC(=O)/C=C/CN(C)C)C1CCOCC1. The third kappa shape index (κ3) is 9.07. The molecule has 0 bridgehead atoms. The number of Topliss-reactive ketones (excluding diaryl/α,β-unsaturated/α-hetero) is 1. The summed E-state index contributed by atoms with van der Waals surface area (Å²) >= 11 is 7.60. The molecular formula is C27H36ClN3O4S. The van der Waals surface area contributed by atoms with Gasteiger partial charge in [-0.05, 0) is 70.5 Å². The van der Waals surface area contributed by atoms with Gasteiger partial charge < -0.3 is 19.7 Å². The van der Waals surface area contributed by atoms with Crippen LogP contribution in [-0.4, -0.2) is 67.3 Å². The Morgan fingerprint density at radius 2 is 2.03 bits per heavy atom. The minimum atomic E-state index is -0.517. The van der Waals surface area contributed by atoms with Gasteiger partial charge in [0.25, 0.3) is 0 Å². The number of aromatic nitrogens is 1. The largest absolute Gasteiger partial charge is 0.381 e. The molecule has 3 rings (SSSR count). The molecule has 196 valence electrons. The highest BCUT2D eigenvalue weighted by Gasteiger charge is 2.29. The number of benzene rings is 1. The monoisotopic (exact) mass is 533 g/mol. The van der Waals surface area contributed by atoms with Gasteiger partial charge in [-0.25, -0.2) is 4.98 Å². The Labute approximate surface area is 222 Å². The molecule has 1 aliphatic rings. The van der Waals surface area contributed by atoms with E-state index in [4.69, 9.17) is 16.3 Å². The van der Waals surface area contributed by atoms with Crippen LogP contribution in [0.5, 0.6) is 0 Å². The molecule has 0 aliphatic carbocycles. The van der Waals surface area contributed by atoms with E-state index < -0.39 is 5.92 Å². The summed E-state index contributed by atoms with van der Waals surface area (Å²) in [5.74, 6) is -0.422. The van der Waals surface area contributed by atoms with E-state index in [0.29, 0.717) is 44.0 Å². The number of ketones is 2. The Morgan fingerprint density at radius 1 is 1.28 bits per heavy atom. The summed E-state index contributed by atoms with van der Waals surface area (Å²) < 4.78 is 6.47. The van der Waals surface area contributed by atoms with Crippen LogP contribution in [0, 0.1) is 11.8 Å². The molecule has 36 heavy (non-hydrogen) atoms. The summed E-state index contributed by atoms with van der Waals surface area (Å²) in [6, 6.07) is 5.38. The lowest BCUT2D eigenvalue weighted by molar-refractivity contribution is -0.130. The molecule has 1 saturated heterocycles. The Hall–Kier alpha value is -2.13. The van der Waals surface area contributed by atoms with Crippen LogP contribution in [0.15, 0.2) is 30.4 Å². The van der Waals surface area contributed by atoms with Crippen molar-refractivity contribution in [2.75, 3.05) is 33.9 Å². The predicted molar refractivity (Wildman–Crippen MR) is 145 cm³/mol. The first kappa shape index (κ1) is 28.4. The molecule has 9 heteroatoms. The fourth-order valence-electron chi connectivity index (χ4n) is 4.47. The highest BCUT2D eigenvalue weighted by Crippen LogP contribution is 2.28. The van der Waals surface area contributed by atoms with Crippen LogP contribution in [0.3, 0.4) is 0 Å². The number of thiazole rings is 1. The van der Waals surface area contributed by atoms with Crippen molar-refractivity contribution in [1.29, 1.82) is 0 Å². The lowest BCUT2D eigenvalue weighted by Crippen LogP contribution is -2.45. The summed E-state index contributed by atoms with van der Waals surface area (Å²) in [6.45, 7) is 3.52. The minimum Gasteiger partial charge on any atom is -0.381 e. The van der Waals surface area contributed by atoms with Crippen LogP contribution in [0.2, 0.25) is 5.02 Å². The fourth-order valence-corrected chi connectivity index (χ4v) is 5.79. The topological polar surface area (TPSA) is 88.6 Å². The molecule has 1 aromatic carbocycles. The molecule has 7 nitrogen and oxygen atoms in total. The summed E-state index contributed by atoms with van der Waals surface area (Å²) in [7, 11) is 3.90. The molecule has 2 heterocycles. The minimum absolute atomic E-state index is 0.0388. The Morgan fingerprint density at radius 3 is 2.72 bits per heavy atom. The normalized spacial score (nSPS) is 16.5. The van der Waals surface area contributed by atoms with Crippen molar-refractivity contribution >= 4 is 50.6 Å². The van der Waals surface area contributed by atoms with Crippen LogP contribution in [-0.2, 0) is 25.5 Å². The second-order valence-corrected chi connectivity index (χ2v) is 11.3. The molecule has 0 spiro atoms. The van der Waals surface area contributed by atoms with E-state index in [2.05, 4.69) is 10.3 Å². The van der Waals surface area contributed by atoms with Crippen molar-refractivity contribution in [2.45, 2.75) is 51.5 Å². The van der Waals surface area contributed by atoms with E-state index in [1.807, 2.05) is 37.2 Å². The van der Waals surface area contributed by atoms with E-state index in [9.17, 15) is 14.4 Å². The number of halogens is 1. The first-order valence-electron chi connectivity index (χ1n) is 12.5. The van der Waals surface area contributed by atoms with Crippen LogP contribution < -0.4 is 5.32 Å². The van der Waals surface area contributed by atoms with Crippen molar-refractivity contribution in [3.63, 3.8) is 0 Å². The summed E-state index contributed by atoms with van der Waals surface area (Å²) in [5.41, 5.74) is 0.835. The average molecular weight is 534 g/mol. The zero-order chi connectivity index (χ0) is 26.1. The van der Waals surface area contributed by atoms with E-state index in [1.165, 1.54) is 18.3 Å². The number of nitrogens with one attached hydrogen (secondary N) is 1. The summed E-state index contributed by atoms with van der Waals surface area (Å²) in [4.78, 5) is 44.5. The van der Waals surface area contributed by atoms with Gasteiger partial charge in [-0.15, -0.1) is 11.3 Å². The number of ether oxygens (including phenoxy) is 1. The molecule has 0 saturated carbocycles. The van der Waals surface area contributed by atoms with Gasteiger partial charge in [0.2, 0.25) is 5.91 Å². The Bertz CT molecular complexity index is 1080. The Kier molecular flexibility index (Phi) is 11.0. The van der Waals surface area contributed by atoms with E-state index in [0.717, 1.165) is 28.1 Å². The number of allylic oxidation sites excluding steroid dienone is 1. The molecule has 1 aromatic heterocycles. The van der Waals surface area contributed by atoms with Gasteiger partial charge in [-0.3, -0.25) is 9.59 Å². The molecule has 0 radical (unpaired) electrons. The molecule has 1 aliphatic heterocycles. The number of carbonyl (C=O) groups is 3. The number of nitrogens with zero attached hydrogens (tertiary/aromatic N) is 2. The van der Waals surface area contributed by atoms with Gasteiger partial charge in [0, 0.05) is 50.1 Å². The molecule has 2 aromatic rings. The average Bonchev–Trinajstić information content (AvgIpc) is 3.22. The highest BCUT2D eigenvalue weighted by atomic mass is 35.5. The molecule has 1 N–H and O–H groups in total. The van der Waals surface area contributed by atoms with Crippen molar-refractivity contribution in [3.8, 4) is 0 Å². The number of likely N-dealkylation sites (N-methyl/N-ethyl adjacent to an activating group) is 1. The molecule has 2 atom stereocenters. The number of hydrogen-bond acceptors (Lipinski definition) is 7. The van der Waals surface area contributed by atoms with Gasteiger partial charge >= 0.3 is 0 Å². The molecule has 1 fully saturated rings. The van der Waals surface area contributed by atoms with E-state index in [-0.39, 0.29) is 35.9 Å². The number of carbonyl (C=O) groups excluding carboxylic acids is 3. The zero-order valence-electron chi connectivity index (χ0n) is 21.3. The standard InChI is InChI=1S/C27H36ClN3O4S/c1-18(32)15-20(16-26-29-24-8-6-21(28)17-25(24)36-26)27(34)30-23(19-10-13-35-14-11-19)9-7-22(33)5-4-12-31(2)3/h4-6,8,17,19-20,23H,7,9-16H2,1-3H3,(H,30,34)/b5-4+/t20-,23+/m0/s1.